The summed E-state index contributed by atoms with van der Waals surface area (Å²) in [6, 6.07) is 9.00. The normalized spacial score (nSPS) is 17.9. The molecule has 0 aliphatic carbocycles. The van der Waals surface area contributed by atoms with Crippen molar-refractivity contribution in [2.75, 3.05) is 26.2 Å². The number of benzene rings is 2. The van der Waals surface area contributed by atoms with E-state index in [1.54, 1.807) is 35.0 Å². The fourth-order valence-electron chi connectivity index (χ4n) is 4.87. The van der Waals surface area contributed by atoms with Gasteiger partial charge in [-0.1, -0.05) is 0 Å². The second-order valence-electron chi connectivity index (χ2n) is 9.43. The van der Waals surface area contributed by atoms with Crippen LogP contribution in [0.15, 0.2) is 59.9 Å². The summed E-state index contributed by atoms with van der Waals surface area (Å²) in [6.45, 7) is 1.80. The number of nitrogens with zero attached hydrogens (tertiary/aromatic N) is 6. The Hall–Kier alpha value is -3.29. The monoisotopic (exact) mass is 550 g/mol. The molecule has 0 amide bonds. The summed E-state index contributed by atoms with van der Waals surface area (Å²) in [5.41, 5.74) is 2.91. The van der Waals surface area contributed by atoms with Gasteiger partial charge >= 0.3 is 6.18 Å². The quantitative estimate of drug-likeness (QED) is 0.337. The minimum absolute atomic E-state index is 0.00642. The lowest BCUT2D eigenvalue weighted by atomic mass is 9.96. The van der Waals surface area contributed by atoms with Crippen molar-refractivity contribution in [2.45, 2.75) is 30.5 Å². The zero-order chi connectivity index (χ0) is 27.2. The molecule has 1 saturated heterocycles. The molecule has 2 aromatic heterocycles. The summed E-state index contributed by atoms with van der Waals surface area (Å²) < 4.78 is 83.8. The number of fused-ring (bicyclic) bond motifs is 1. The Kier molecular flexibility index (Phi) is 6.78. The van der Waals surface area contributed by atoms with Crippen LogP contribution in [-0.4, -0.2) is 69.5 Å². The highest BCUT2D eigenvalue weighted by Crippen LogP contribution is 2.34. The van der Waals surface area contributed by atoms with E-state index in [9.17, 15) is 26.0 Å². The summed E-state index contributed by atoms with van der Waals surface area (Å²) in [6.07, 6.45) is -1.03. The second kappa shape index (κ2) is 9.79. The molecule has 1 aliphatic rings. The maximum Gasteiger partial charge on any atom is 0.390 e. The zero-order valence-electron chi connectivity index (χ0n) is 20.7. The highest BCUT2D eigenvalue weighted by molar-refractivity contribution is 7.89. The molecule has 38 heavy (non-hydrogen) atoms. The van der Waals surface area contributed by atoms with Crippen molar-refractivity contribution in [3.8, 4) is 5.69 Å². The van der Waals surface area contributed by atoms with Crippen LogP contribution >= 0.6 is 0 Å². The SMILES string of the molecule is Cc1cc2c(cnn2-c2ccc(F)cc2)cc1[C@@H]1CN(S(=O)(=O)c2cnn(C)c2)CCN1CCC(F)(F)F. The van der Waals surface area contributed by atoms with Gasteiger partial charge in [-0.05, 0) is 54.4 Å². The molecule has 0 unspecified atom stereocenters. The minimum Gasteiger partial charge on any atom is -0.293 e. The smallest absolute Gasteiger partial charge is 0.293 e. The van der Waals surface area contributed by atoms with Crippen LogP contribution in [0.2, 0.25) is 0 Å². The topological polar surface area (TPSA) is 76.3 Å². The van der Waals surface area contributed by atoms with E-state index in [1.807, 2.05) is 19.1 Å². The van der Waals surface area contributed by atoms with E-state index in [1.165, 1.54) is 33.5 Å². The number of hydrogen-bond acceptors (Lipinski definition) is 5. The van der Waals surface area contributed by atoms with Gasteiger partial charge < -0.3 is 0 Å². The molecular weight excluding hydrogens is 524 g/mol. The molecule has 0 bridgehead atoms. The molecule has 8 nitrogen and oxygen atoms in total. The highest BCUT2D eigenvalue weighted by atomic mass is 32.2. The van der Waals surface area contributed by atoms with Gasteiger partial charge in [0, 0.05) is 50.9 Å². The molecule has 3 heterocycles. The van der Waals surface area contributed by atoms with E-state index in [0.717, 1.165) is 22.0 Å². The molecular formula is C25H26F4N6O2S. The third-order valence-electron chi connectivity index (χ3n) is 6.84. The van der Waals surface area contributed by atoms with Gasteiger partial charge in [-0.25, -0.2) is 17.5 Å². The van der Waals surface area contributed by atoms with Gasteiger partial charge in [-0.2, -0.15) is 27.7 Å². The molecule has 0 radical (unpaired) electrons. The summed E-state index contributed by atoms with van der Waals surface area (Å²) in [5, 5.41) is 9.11. The third kappa shape index (κ3) is 5.18. The largest absolute Gasteiger partial charge is 0.390 e. The van der Waals surface area contributed by atoms with Crippen LogP contribution in [0, 0.1) is 12.7 Å². The summed E-state index contributed by atoms with van der Waals surface area (Å²) in [4.78, 5) is 1.73. The van der Waals surface area contributed by atoms with Gasteiger partial charge in [-0.3, -0.25) is 9.58 Å². The van der Waals surface area contributed by atoms with Crippen molar-refractivity contribution in [3.05, 3.63) is 71.9 Å². The Labute approximate surface area is 217 Å². The molecule has 5 rings (SSSR count). The highest BCUT2D eigenvalue weighted by Gasteiger charge is 2.38. The van der Waals surface area contributed by atoms with Crippen LogP contribution in [0.4, 0.5) is 17.6 Å². The average molecular weight is 551 g/mol. The molecule has 1 atom stereocenters. The van der Waals surface area contributed by atoms with Crippen molar-refractivity contribution >= 4 is 20.9 Å². The van der Waals surface area contributed by atoms with Gasteiger partial charge in [0.15, 0.2) is 0 Å². The zero-order valence-corrected chi connectivity index (χ0v) is 21.5. The Morgan fingerprint density at radius 3 is 2.45 bits per heavy atom. The lowest BCUT2D eigenvalue weighted by Crippen LogP contribution is -2.51. The number of aryl methyl sites for hydroxylation is 2. The first-order valence-electron chi connectivity index (χ1n) is 12.0. The number of rotatable bonds is 6. The first-order valence-corrected chi connectivity index (χ1v) is 13.4. The Balaban J connectivity index is 1.52. The predicted molar refractivity (Wildman–Crippen MR) is 133 cm³/mol. The lowest BCUT2D eigenvalue weighted by Gasteiger charge is -2.41. The molecule has 1 fully saturated rings. The first-order chi connectivity index (χ1) is 17.9. The molecule has 4 aromatic rings. The number of piperazine rings is 1. The van der Waals surface area contributed by atoms with Crippen molar-refractivity contribution in [3.63, 3.8) is 0 Å². The number of hydrogen-bond donors (Lipinski definition) is 0. The van der Waals surface area contributed by atoms with E-state index in [-0.39, 0.29) is 36.9 Å². The second-order valence-corrected chi connectivity index (χ2v) is 11.4. The van der Waals surface area contributed by atoms with Crippen LogP contribution in [0.3, 0.4) is 0 Å². The van der Waals surface area contributed by atoms with Crippen molar-refractivity contribution in [2.24, 2.45) is 7.05 Å². The Morgan fingerprint density at radius 2 is 1.79 bits per heavy atom. The molecule has 0 saturated carbocycles. The van der Waals surface area contributed by atoms with Gasteiger partial charge in [0.1, 0.15) is 10.7 Å². The fourth-order valence-corrected chi connectivity index (χ4v) is 6.29. The molecule has 0 spiro atoms. The van der Waals surface area contributed by atoms with Crippen LogP contribution in [0.1, 0.15) is 23.6 Å². The maximum absolute atomic E-state index is 13.4. The van der Waals surface area contributed by atoms with E-state index in [0.29, 0.717) is 5.69 Å². The van der Waals surface area contributed by atoms with E-state index in [2.05, 4.69) is 10.2 Å². The van der Waals surface area contributed by atoms with E-state index < -0.39 is 28.7 Å². The van der Waals surface area contributed by atoms with Crippen molar-refractivity contribution in [1.29, 1.82) is 0 Å². The molecule has 1 aliphatic heterocycles. The molecule has 0 N–H and O–H groups in total. The van der Waals surface area contributed by atoms with Gasteiger partial charge in [0.2, 0.25) is 10.0 Å². The maximum atomic E-state index is 13.4. The summed E-state index contributed by atoms with van der Waals surface area (Å²) in [5.74, 6) is -0.370. The molecule has 2 aromatic carbocycles. The van der Waals surface area contributed by atoms with Crippen LogP contribution in [0.5, 0.6) is 0 Å². The standard InChI is InChI=1S/C25H26F4N6O2S/c1-17-11-23-18(13-31-35(23)20-5-3-19(26)4-6-20)12-22(17)24-16-34(10-9-33(24)8-7-25(27,28)29)38(36,37)21-14-30-32(2)15-21/h3-6,11-15,24H,7-10,16H2,1-2H3/t24-/m0/s1. The van der Waals surface area contributed by atoms with E-state index in [4.69, 9.17) is 0 Å². The van der Waals surface area contributed by atoms with E-state index >= 15 is 0 Å². The third-order valence-corrected chi connectivity index (χ3v) is 8.66. The Morgan fingerprint density at radius 1 is 1.05 bits per heavy atom. The van der Waals surface area contributed by atoms with Gasteiger partial charge in [0.05, 0.1) is 30.0 Å². The molecule has 202 valence electrons. The first kappa shape index (κ1) is 26.3. The van der Waals surface area contributed by atoms with Crippen LogP contribution in [0.25, 0.3) is 16.6 Å². The minimum atomic E-state index is -4.33. The van der Waals surface area contributed by atoms with Crippen molar-refractivity contribution < 1.29 is 26.0 Å². The van der Waals surface area contributed by atoms with Crippen LogP contribution in [-0.2, 0) is 17.1 Å². The predicted octanol–water partition coefficient (Wildman–Crippen LogP) is 4.21. The Bertz CT molecular complexity index is 1560. The molecule has 13 heteroatoms. The number of aromatic nitrogens is 4. The van der Waals surface area contributed by atoms with Crippen molar-refractivity contribution in [1.82, 2.24) is 28.8 Å². The van der Waals surface area contributed by atoms with Crippen LogP contribution < -0.4 is 0 Å². The lowest BCUT2D eigenvalue weighted by molar-refractivity contribution is -0.140. The number of alkyl halides is 3. The number of sulfonamides is 1. The van der Waals surface area contributed by atoms with Gasteiger partial charge in [-0.15, -0.1) is 0 Å². The average Bonchev–Trinajstić information content (AvgIpc) is 3.48. The number of halogens is 4. The van der Waals surface area contributed by atoms with Gasteiger partial charge in [0.25, 0.3) is 0 Å². The summed E-state index contributed by atoms with van der Waals surface area (Å²) in [7, 11) is -2.27. The summed E-state index contributed by atoms with van der Waals surface area (Å²) >= 11 is 0. The fraction of sp³-hybridized carbons (Fsp3) is 0.360.